The zero-order valence-corrected chi connectivity index (χ0v) is 17.5. The lowest BCUT2D eigenvalue weighted by Gasteiger charge is -2.20. The Morgan fingerprint density at radius 2 is 1.84 bits per heavy atom. The molecule has 1 aliphatic heterocycles. The lowest BCUT2D eigenvalue weighted by molar-refractivity contribution is -0.135. The first-order chi connectivity index (χ1) is 15.7. The predicted molar refractivity (Wildman–Crippen MR) is 116 cm³/mol. The van der Waals surface area contributed by atoms with Crippen molar-refractivity contribution in [1.82, 2.24) is 15.2 Å². The number of carbonyl (C=O) groups excluding carboxylic acids is 1. The largest absolute Gasteiger partial charge is 0.484 e. The number of hydrogen-bond donors (Lipinski definition) is 0. The summed E-state index contributed by atoms with van der Waals surface area (Å²) in [6, 6.07) is 17.7. The van der Waals surface area contributed by atoms with E-state index in [0.29, 0.717) is 28.8 Å². The smallest absolute Gasteiger partial charge is 0.281 e. The van der Waals surface area contributed by atoms with Crippen LogP contribution in [0.4, 0.5) is 0 Å². The number of halogens is 1. The summed E-state index contributed by atoms with van der Waals surface area (Å²) in [6.45, 7) is -0.172. The van der Waals surface area contributed by atoms with Crippen molar-refractivity contribution in [3.8, 4) is 17.2 Å². The third-order valence-electron chi connectivity index (χ3n) is 5.04. The number of nitrogens with zero attached hydrogens (tertiary/aromatic N) is 4. The topological polar surface area (TPSA) is 94.0 Å². The molecule has 2 aromatic heterocycles. The molecular formula is C23H17ClN4O4. The Morgan fingerprint density at radius 1 is 1.06 bits per heavy atom. The summed E-state index contributed by atoms with van der Waals surface area (Å²) < 4.78 is 16.4. The molecule has 8 nitrogen and oxygen atoms in total. The van der Waals surface area contributed by atoms with Crippen LogP contribution in [-0.4, -0.2) is 33.4 Å². The van der Waals surface area contributed by atoms with Gasteiger partial charge in [-0.05, 0) is 54.1 Å². The molecule has 0 saturated heterocycles. The molecule has 0 spiro atoms. The number of carbonyl (C=O) groups is 1. The molecule has 9 heteroatoms. The fraction of sp³-hybridized carbons (Fsp3) is 0.130. The first-order valence-electron chi connectivity index (χ1n) is 9.85. The van der Waals surface area contributed by atoms with Crippen LogP contribution in [0.25, 0.3) is 11.5 Å². The number of furan rings is 1. The summed E-state index contributed by atoms with van der Waals surface area (Å²) in [5.74, 6) is 1.33. The van der Waals surface area contributed by atoms with Crippen LogP contribution in [0.1, 0.15) is 23.8 Å². The van der Waals surface area contributed by atoms with Crippen LogP contribution in [-0.2, 0) is 4.79 Å². The number of ether oxygens (including phenoxy) is 1. The number of amides is 1. The second kappa shape index (κ2) is 8.68. The monoisotopic (exact) mass is 448 g/mol. The van der Waals surface area contributed by atoms with Crippen molar-refractivity contribution < 1.29 is 18.4 Å². The summed E-state index contributed by atoms with van der Waals surface area (Å²) >= 11 is 6.00. The van der Waals surface area contributed by atoms with Crippen LogP contribution in [0.15, 0.2) is 87.3 Å². The highest BCUT2D eigenvalue weighted by Crippen LogP contribution is 2.33. The molecule has 2 aromatic carbocycles. The molecule has 5 rings (SSSR count). The van der Waals surface area contributed by atoms with Gasteiger partial charge in [-0.25, -0.2) is 5.01 Å². The maximum atomic E-state index is 13.0. The minimum atomic E-state index is -0.341. The minimum Gasteiger partial charge on any atom is -0.484 e. The van der Waals surface area contributed by atoms with Crippen molar-refractivity contribution in [1.29, 1.82) is 0 Å². The van der Waals surface area contributed by atoms with E-state index in [1.165, 1.54) is 11.4 Å². The molecule has 32 heavy (non-hydrogen) atoms. The SMILES string of the molecule is O=C(COc1ccc(-c2nnco2)cc1)N1N=C(c2ccc(Cl)cc2)C[C@H]1c1ccco1. The zero-order valence-electron chi connectivity index (χ0n) is 16.7. The summed E-state index contributed by atoms with van der Waals surface area (Å²) in [5.41, 5.74) is 2.44. The van der Waals surface area contributed by atoms with E-state index in [-0.39, 0.29) is 18.6 Å². The molecular weight excluding hydrogens is 432 g/mol. The van der Waals surface area contributed by atoms with Crippen LogP contribution in [0.5, 0.6) is 5.75 Å². The Bertz CT molecular complexity index is 1220. The highest BCUT2D eigenvalue weighted by molar-refractivity contribution is 6.30. The van der Waals surface area contributed by atoms with Gasteiger partial charge in [-0.15, -0.1) is 10.2 Å². The van der Waals surface area contributed by atoms with Crippen molar-refractivity contribution in [2.45, 2.75) is 12.5 Å². The van der Waals surface area contributed by atoms with E-state index in [1.54, 1.807) is 48.7 Å². The maximum absolute atomic E-state index is 13.0. The van der Waals surface area contributed by atoms with Crippen LogP contribution < -0.4 is 4.74 Å². The van der Waals surface area contributed by atoms with Crippen molar-refractivity contribution in [2.24, 2.45) is 5.10 Å². The number of hydrogen-bond acceptors (Lipinski definition) is 7. The Labute approximate surface area is 188 Å². The van der Waals surface area contributed by atoms with Crippen molar-refractivity contribution in [2.75, 3.05) is 6.61 Å². The number of rotatable bonds is 6. The summed E-state index contributed by atoms with van der Waals surface area (Å²) in [6.07, 6.45) is 3.38. The third-order valence-corrected chi connectivity index (χ3v) is 5.29. The van der Waals surface area contributed by atoms with Gasteiger partial charge < -0.3 is 13.6 Å². The number of aromatic nitrogens is 2. The first-order valence-corrected chi connectivity index (χ1v) is 10.2. The molecule has 1 atom stereocenters. The van der Waals surface area contributed by atoms with E-state index in [9.17, 15) is 4.79 Å². The van der Waals surface area contributed by atoms with Crippen molar-refractivity contribution in [3.63, 3.8) is 0 Å². The fourth-order valence-corrected chi connectivity index (χ4v) is 3.59. The summed E-state index contributed by atoms with van der Waals surface area (Å²) in [7, 11) is 0. The Balaban J connectivity index is 1.31. The van der Waals surface area contributed by atoms with E-state index >= 15 is 0 Å². The van der Waals surface area contributed by atoms with E-state index in [4.69, 9.17) is 25.2 Å². The lowest BCUT2D eigenvalue weighted by Crippen LogP contribution is -2.31. The second-order valence-electron chi connectivity index (χ2n) is 7.08. The van der Waals surface area contributed by atoms with Gasteiger partial charge in [0.2, 0.25) is 12.3 Å². The molecule has 4 aromatic rings. The van der Waals surface area contributed by atoms with Crippen LogP contribution in [0, 0.1) is 0 Å². The van der Waals surface area contributed by atoms with Crippen LogP contribution in [0.2, 0.25) is 5.02 Å². The Kier molecular flexibility index (Phi) is 5.43. The van der Waals surface area contributed by atoms with Gasteiger partial charge in [-0.1, -0.05) is 23.7 Å². The standard InChI is InChI=1S/C23H17ClN4O4/c24-17-7-3-15(4-8-17)19-12-20(21-2-1-11-30-21)28(27-19)22(29)13-31-18-9-5-16(6-10-18)23-26-25-14-32-23/h1-11,14,20H,12-13H2/t20-/m0/s1. The molecule has 0 bridgehead atoms. The number of hydrazone groups is 1. The van der Waals surface area contributed by atoms with Gasteiger partial charge in [0.25, 0.3) is 5.91 Å². The van der Waals surface area contributed by atoms with Gasteiger partial charge in [-0.3, -0.25) is 4.79 Å². The summed E-state index contributed by atoms with van der Waals surface area (Å²) in [5, 5.41) is 14.2. The Morgan fingerprint density at radius 3 is 2.53 bits per heavy atom. The first kappa shape index (κ1) is 20.0. The highest BCUT2D eigenvalue weighted by Gasteiger charge is 2.35. The molecule has 0 fully saturated rings. The molecule has 0 N–H and O–H groups in total. The van der Waals surface area contributed by atoms with Gasteiger partial charge >= 0.3 is 0 Å². The van der Waals surface area contributed by atoms with Crippen LogP contribution >= 0.6 is 11.6 Å². The van der Waals surface area contributed by atoms with E-state index in [2.05, 4.69) is 15.3 Å². The van der Waals surface area contributed by atoms with E-state index < -0.39 is 0 Å². The van der Waals surface area contributed by atoms with Crippen molar-refractivity contribution >= 4 is 23.2 Å². The molecule has 160 valence electrons. The fourth-order valence-electron chi connectivity index (χ4n) is 3.46. The molecule has 1 amide bonds. The third kappa shape index (κ3) is 4.13. The van der Waals surface area contributed by atoms with Gasteiger partial charge in [0.15, 0.2) is 6.61 Å². The average Bonchev–Trinajstić information content (AvgIpc) is 3.59. The van der Waals surface area contributed by atoms with Gasteiger partial charge in [0.05, 0.1) is 12.0 Å². The van der Waals surface area contributed by atoms with Gasteiger partial charge in [0.1, 0.15) is 17.6 Å². The normalized spacial score (nSPS) is 15.6. The maximum Gasteiger partial charge on any atom is 0.281 e. The number of benzene rings is 2. The highest BCUT2D eigenvalue weighted by atomic mass is 35.5. The molecule has 3 heterocycles. The Hall–Kier alpha value is -3.91. The predicted octanol–water partition coefficient (Wildman–Crippen LogP) is 4.74. The molecule has 0 aliphatic carbocycles. The second-order valence-corrected chi connectivity index (χ2v) is 7.52. The lowest BCUT2D eigenvalue weighted by atomic mass is 10.0. The van der Waals surface area contributed by atoms with Gasteiger partial charge in [0, 0.05) is 17.0 Å². The minimum absolute atomic E-state index is 0.172. The zero-order chi connectivity index (χ0) is 21.9. The quantitative estimate of drug-likeness (QED) is 0.423. The summed E-state index contributed by atoms with van der Waals surface area (Å²) in [4.78, 5) is 13.0. The average molecular weight is 449 g/mol. The van der Waals surface area contributed by atoms with E-state index in [1.807, 2.05) is 18.2 Å². The molecule has 0 unspecified atom stereocenters. The van der Waals surface area contributed by atoms with Crippen LogP contribution in [0.3, 0.4) is 0 Å². The van der Waals surface area contributed by atoms with Gasteiger partial charge in [-0.2, -0.15) is 5.10 Å². The molecule has 0 radical (unpaired) electrons. The van der Waals surface area contributed by atoms with Crippen molar-refractivity contribution in [3.05, 3.63) is 89.7 Å². The molecule has 0 saturated carbocycles. The van der Waals surface area contributed by atoms with E-state index in [0.717, 1.165) is 16.8 Å². The molecule has 1 aliphatic rings.